The van der Waals surface area contributed by atoms with E-state index < -0.39 is 0 Å². The van der Waals surface area contributed by atoms with Crippen LogP contribution in [-0.2, 0) is 6.42 Å². The Bertz CT molecular complexity index is 1320. The van der Waals surface area contributed by atoms with Crippen molar-refractivity contribution in [1.82, 2.24) is 15.0 Å². The Morgan fingerprint density at radius 1 is 1.03 bits per heavy atom. The normalized spacial score (nSPS) is 14.0. The molecule has 184 valence electrons. The SMILES string of the molecule is CCc1cccc(OC2CCN(c3cc(Nc4cccc(Cl)c4C)nc(-c4cccnc4)n3)CC2)c1. The number of hydrogen-bond acceptors (Lipinski definition) is 6. The molecule has 2 aromatic carbocycles. The molecule has 1 fully saturated rings. The van der Waals surface area contributed by atoms with Crippen LogP contribution in [0.25, 0.3) is 11.4 Å². The average Bonchev–Trinajstić information content (AvgIpc) is 2.92. The lowest BCUT2D eigenvalue weighted by molar-refractivity contribution is 0.170. The first-order valence-electron chi connectivity index (χ1n) is 12.4. The van der Waals surface area contributed by atoms with Crippen molar-refractivity contribution in [3.05, 3.63) is 89.2 Å². The fraction of sp³-hybridized carbons (Fsp3) is 0.276. The monoisotopic (exact) mass is 499 g/mol. The van der Waals surface area contributed by atoms with Crippen molar-refractivity contribution in [2.24, 2.45) is 0 Å². The highest BCUT2D eigenvalue weighted by atomic mass is 35.5. The zero-order valence-corrected chi connectivity index (χ0v) is 21.4. The minimum absolute atomic E-state index is 0.194. The van der Waals surface area contributed by atoms with Crippen molar-refractivity contribution >= 4 is 28.9 Å². The second-order valence-electron chi connectivity index (χ2n) is 9.02. The molecular weight excluding hydrogens is 470 g/mol. The second kappa shape index (κ2) is 11.0. The molecule has 0 radical (unpaired) electrons. The standard InChI is InChI=1S/C29H30ClN5O/c1-3-21-7-4-9-24(17-21)36-23-12-15-35(16-13-23)28-18-27(32-26-11-5-10-25(30)20(26)2)33-29(34-28)22-8-6-14-31-19-22/h4-11,14,17-19,23H,3,12-13,15-16H2,1-2H3,(H,32,33,34). The van der Waals surface area contributed by atoms with Crippen molar-refractivity contribution in [2.75, 3.05) is 23.3 Å². The summed E-state index contributed by atoms with van der Waals surface area (Å²) in [4.78, 5) is 16.3. The van der Waals surface area contributed by atoms with E-state index in [9.17, 15) is 0 Å². The van der Waals surface area contributed by atoms with Gasteiger partial charge in [-0.3, -0.25) is 4.98 Å². The molecule has 0 spiro atoms. The maximum Gasteiger partial charge on any atom is 0.165 e. The molecule has 0 bridgehead atoms. The van der Waals surface area contributed by atoms with Gasteiger partial charge >= 0.3 is 0 Å². The van der Waals surface area contributed by atoms with Crippen LogP contribution in [0.2, 0.25) is 5.02 Å². The van der Waals surface area contributed by atoms with E-state index in [-0.39, 0.29) is 6.10 Å². The Morgan fingerprint density at radius 3 is 2.64 bits per heavy atom. The molecular formula is C29H30ClN5O. The molecule has 0 amide bonds. The van der Waals surface area contributed by atoms with Crippen LogP contribution in [0.1, 0.15) is 30.9 Å². The molecule has 1 saturated heterocycles. The largest absolute Gasteiger partial charge is 0.490 e. The quantitative estimate of drug-likeness (QED) is 0.300. The van der Waals surface area contributed by atoms with E-state index in [1.165, 1.54) is 5.56 Å². The van der Waals surface area contributed by atoms with E-state index in [2.05, 4.69) is 40.3 Å². The highest BCUT2D eigenvalue weighted by Crippen LogP contribution is 2.30. The van der Waals surface area contributed by atoms with E-state index in [1.54, 1.807) is 12.4 Å². The van der Waals surface area contributed by atoms with E-state index >= 15 is 0 Å². The molecule has 1 N–H and O–H groups in total. The zero-order valence-electron chi connectivity index (χ0n) is 20.6. The molecule has 0 unspecified atom stereocenters. The number of anilines is 3. The summed E-state index contributed by atoms with van der Waals surface area (Å²) in [6, 6.07) is 20.1. The molecule has 4 aromatic rings. The fourth-order valence-electron chi connectivity index (χ4n) is 4.40. The Balaban J connectivity index is 1.36. The van der Waals surface area contributed by atoms with Gasteiger partial charge in [-0.1, -0.05) is 36.7 Å². The first-order chi connectivity index (χ1) is 17.6. The summed E-state index contributed by atoms with van der Waals surface area (Å²) in [5, 5.41) is 4.16. The van der Waals surface area contributed by atoms with Crippen LogP contribution in [0.5, 0.6) is 5.75 Å². The van der Waals surface area contributed by atoms with Gasteiger partial charge in [0, 0.05) is 60.7 Å². The van der Waals surface area contributed by atoms with E-state index in [0.717, 1.165) is 66.6 Å². The minimum atomic E-state index is 0.194. The number of aryl methyl sites for hydroxylation is 1. The van der Waals surface area contributed by atoms with Crippen LogP contribution < -0.4 is 15.0 Å². The first-order valence-corrected chi connectivity index (χ1v) is 12.8. The number of benzene rings is 2. The number of pyridine rings is 1. The molecule has 5 rings (SSSR count). The Hall–Kier alpha value is -3.64. The maximum atomic E-state index is 6.35. The molecule has 2 aromatic heterocycles. The Labute approximate surface area is 217 Å². The lowest BCUT2D eigenvalue weighted by Gasteiger charge is -2.33. The number of ether oxygens (including phenoxy) is 1. The smallest absolute Gasteiger partial charge is 0.165 e. The molecule has 36 heavy (non-hydrogen) atoms. The van der Waals surface area contributed by atoms with Gasteiger partial charge in [0.2, 0.25) is 0 Å². The van der Waals surface area contributed by atoms with Crippen molar-refractivity contribution in [3.8, 4) is 17.1 Å². The number of nitrogens with one attached hydrogen (secondary N) is 1. The number of rotatable bonds is 7. The minimum Gasteiger partial charge on any atom is -0.490 e. The summed E-state index contributed by atoms with van der Waals surface area (Å²) in [5.41, 5.74) is 4.07. The Morgan fingerprint density at radius 2 is 1.86 bits per heavy atom. The molecule has 6 nitrogen and oxygen atoms in total. The highest BCUT2D eigenvalue weighted by Gasteiger charge is 2.23. The molecule has 3 heterocycles. The van der Waals surface area contributed by atoms with Crippen LogP contribution >= 0.6 is 11.6 Å². The van der Waals surface area contributed by atoms with Gasteiger partial charge in [0.25, 0.3) is 0 Å². The molecule has 1 aliphatic rings. The number of hydrogen-bond donors (Lipinski definition) is 1. The summed E-state index contributed by atoms with van der Waals surface area (Å²) in [6.45, 7) is 5.88. The number of nitrogens with zero attached hydrogens (tertiary/aromatic N) is 4. The Kier molecular flexibility index (Phi) is 7.33. The first kappa shape index (κ1) is 24.1. The van der Waals surface area contributed by atoms with Crippen LogP contribution in [0.15, 0.2) is 73.1 Å². The number of piperidine rings is 1. The van der Waals surface area contributed by atoms with Gasteiger partial charge in [0.1, 0.15) is 23.5 Å². The summed E-state index contributed by atoms with van der Waals surface area (Å²) < 4.78 is 6.31. The van der Waals surface area contributed by atoms with Crippen molar-refractivity contribution in [3.63, 3.8) is 0 Å². The van der Waals surface area contributed by atoms with E-state index in [1.807, 2.05) is 49.4 Å². The lowest BCUT2D eigenvalue weighted by Crippen LogP contribution is -2.38. The van der Waals surface area contributed by atoms with Crippen LogP contribution in [0.3, 0.4) is 0 Å². The van der Waals surface area contributed by atoms with Gasteiger partial charge < -0.3 is 15.0 Å². The van der Waals surface area contributed by atoms with Crippen molar-refractivity contribution in [2.45, 2.75) is 39.2 Å². The third kappa shape index (κ3) is 5.60. The van der Waals surface area contributed by atoms with Crippen LogP contribution in [0.4, 0.5) is 17.3 Å². The lowest BCUT2D eigenvalue weighted by atomic mass is 10.1. The number of halogens is 1. The van der Waals surface area contributed by atoms with E-state index in [0.29, 0.717) is 10.8 Å². The molecule has 0 atom stereocenters. The molecule has 7 heteroatoms. The third-order valence-corrected chi connectivity index (χ3v) is 6.95. The molecule has 0 saturated carbocycles. The van der Waals surface area contributed by atoms with Gasteiger partial charge in [0.05, 0.1) is 0 Å². The van der Waals surface area contributed by atoms with Crippen LogP contribution in [0, 0.1) is 6.92 Å². The fourth-order valence-corrected chi connectivity index (χ4v) is 4.57. The van der Waals surface area contributed by atoms with Crippen molar-refractivity contribution < 1.29 is 4.74 Å². The maximum absolute atomic E-state index is 6.35. The summed E-state index contributed by atoms with van der Waals surface area (Å²) in [7, 11) is 0. The summed E-state index contributed by atoms with van der Waals surface area (Å²) in [5.74, 6) is 3.20. The summed E-state index contributed by atoms with van der Waals surface area (Å²) in [6.07, 6.45) is 6.60. The predicted molar refractivity (Wildman–Crippen MR) is 146 cm³/mol. The topological polar surface area (TPSA) is 63.2 Å². The highest BCUT2D eigenvalue weighted by molar-refractivity contribution is 6.31. The van der Waals surface area contributed by atoms with Crippen LogP contribution in [-0.4, -0.2) is 34.1 Å². The van der Waals surface area contributed by atoms with Gasteiger partial charge in [-0.05, 0) is 60.9 Å². The third-order valence-electron chi connectivity index (χ3n) is 6.54. The molecule has 0 aliphatic carbocycles. The zero-order chi connectivity index (χ0) is 24.9. The summed E-state index contributed by atoms with van der Waals surface area (Å²) >= 11 is 6.35. The number of aromatic nitrogens is 3. The van der Waals surface area contributed by atoms with E-state index in [4.69, 9.17) is 26.3 Å². The van der Waals surface area contributed by atoms with Crippen molar-refractivity contribution in [1.29, 1.82) is 0 Å². The molecule has 1 aliphatic heterocycles. The second-order valence-corrected chi connectivity index (χ2v) is 9.43. The average molecular weight is 500 g/mol. The van der Waals surface area contributed by atoms with Gasteiger partial charge in [0.15, 0.2) is 5.82 Å². The van der Waals surface area contributed by atoms with Gasteiger partial charge in [-0.15, -0.1) is 0 Å². The van der Waals surface area contributed by atoms with Gasteiger partial charge in [-0.2, -0.15) is 0 Å². The predicted octanol–water partition coefficient (Wildman–Crippen LogP) is 6.85. The van der Waals surface area contributed by atoms with Gasteiger partial charge in [-0.25, -0.2) is 9.97 Å².